The minimum atomic E-state index is -3.99. The van der Waals surface area contributed by atoms with Gasteiger partial charge in [-0.05, 0) is 55.8 Å². The van der Waals surface area contributed by atoms with E-state index in [1.165, 1.54) is 19.2 Å². The van der Waals surface area contributed by atoms with Gasteiger partial charge in [-0.25, -0.2) is 13.8 Å². The van der Waals surface area contributed by atoms with E-state index in [1.807, 2.05) is 37.3 Å². The van der Waals surface area contributed by atoms with Crippen molar-refractivity contribution in [3.05, 3.63) is 90.0 Å². The van der Waals surface area contributed by atoms with E-state index in [9.17, 15) is 13.2 Å². The number of rotatable bonds is 8. The highest BCUT2D eigenvalue weighted by Crippen LogP contribution is 2.26. The molecule has 0 heterocycles. The minimum absolute atomic E-state index is 0.0932. The molecule has 0 unspecified atom stereocenters. The maximum Gasteiger partial charge on any atom is 0.264 e. The van der Waals surface area contributed by atoms with Gasteiger partial charge in [-0.15, -0.1) is 0 Å². The number of benzene rings is 3. The molecule has 0 spiro atoms. The van der Waals surface area contributed by atoms with Gasteiger partial charge in [0.15, 0.2) is 0 Å². The second-order valence-electron chi connectivity index (χ2n) is 7.12. The number of anilines is 1. The number of amides is 1. The standard InChI is InChI=1S/C24H25N3O4S/c1-18-9-15-23(16-10-18)32(29,30)27(21-11-13-22(31-3)14-12-21)17-24(28)26-25-19(2)20-7-5-4-6-8-20/h4-16H,17H2,1-3H3,(H,26,28)/b25-19-. The summed E-state index contributed by atoms with van der Waals surface area (Å²) in [5, 5.41) is 4.11. The number of nitrogens with one attached hydrogen (secondary N) is 1. The van der Waals surface area contributed by atoms with E-state index >= 15 is 0 Å². The van der Waals surface area contributed by atoms with E-state index in [0.29, 0.717) is 17.1 Å². The smallest absolute Gasteiger partial charge is 0.264 e. The number of hydrogen-bond donors (Lipinski definition) is 1. The fraction of sp³-hybridized carbons (Fsp3) is 0.167. The van der Waals surface area contributed by atoms with Crippen LogP contribution in [0.2, 0.25) is 0 Å². The predicted octanol–water partition coefficient (Wildman–Crippen LogP) is 3.74. The second kappa shape index (κ2) is 10.1. The molecule has 0 atom stereocenters. The Bertz CT molecular complexity index is 1190. The lowest BCUT2D eigenvalue weighted by Crippen LogP contribution is -2.39. The number of sulfonamides is 1. The van der Waals surface area contributed by atoms with Crippen LogP contribution in [-0.4, -0.2) is 33.7 Å². The van der Waals surface area contributed by atoms with Crippen LogP contribution in [0.25, 0.3) is 0 Å². The van der Waals surface area contributed by atoms with Gasteiger partial charge in [-0.2, -0.15) is 5.10 Å². The van der Waals surface area contributed by atoms with Crippen LogP contribution < -0.4 is 14.5 Å². The monoisotopic (exact) mass is 451 g/mol. The van der Waals surface area contributed by atoms with E-state index in [4.69, 9.17) is 4.74 Å². The minimum Gasteiger partial charge on any atom is -0.497 e. The van der Waals surface area contributed by atoms with Gasteiger partial charge in [-0.1, -0.05) is 48.0 Å². The first-order valence-corrected chi connectivity index (χ1v) is 11.4. The first-order valence-electron chi connectivity index (χ1n) is 9.93. The molecule has 3 rings (SSSR count). The molecular weight excluding hydrogens is 426 g/mol. The molecule has 3 aromatic carbocycles. The van der Waals surface area contributed by atoms with E-state index < -0.39 is 22.5 Å². The van der Waals surface area contributed by atoms with Crippen molar-refractivity contribution < 1.29 is 17.9 Å². The Morgan fingerprint density at radius 3 is 2.19 bits per heavy atom. The molecule has 0 aliphatic rings. The Morgan fingerprint density at radius 1 is 0.969 bits per heavy atom. The highest BCUT2D eigenvalue weighted by Gasteiger charge is 2.27. The van der Waals surface area contributed by atoms with E-state index in [2.05, 4.69) is 10.5 Å². The maximum atomic E-state index is 13.4. The molecule has 3 aromatic rings. The highest BCUT2D eigenvalue weighted by atomic mass is 32.2. The molecule has 32 heavy (non-hydrogen) atoms. The fourth-order valence-electron chi connectivity index (χ4n) is 2.96. The van der Waals surface area contributed by atoms with Gasteiger partial charge in [-0.3, -0.25) is 9.10 Å². The van der Waals surface area contributed by atoms with Crippen molar-refractivity contribution in [2.45, 2.75) is 18.7 Å². The Labute approximate surface area is 188 Å². The summed E-state index contributed by atoms with van der Waals surface area (Å²) >= 11 is 0. The van der Waals surface area contributed by atoms with E-state index in [0.717, 1.165) is 15.4 Å². The third kappa shape index (κ3) is 5.53. The number of ether oxygens (including phenoxy) is 1. The molecule has 8 heteroatoms. The predicted molar refractivity (Wildman–Crippen MR) is 126 cm³/mol. The van der Waals surface area contributed by atoms with E-state index in [1.54, 1.807) is 43.3 Å². The van der Waals surface area contributed by atoms with Gasteiger partial charge >= 0.3 is 0 Å². The molecule has 0 aliphatic heterocycles. The van der Waals surface area contributed by atoms with Gasteiger partial charge < -0.3 is 4.74 Å². The Morgan fingerprint density at radius 2 is 1.59 bits per heavy atom. The molecule has 0 aliphatic carbocycles. The first kappa shape index (κ1) is 23.0. The van der Waals surface area contributed by atoms with Crippen LogP contribution in [0.15, 0.2) is 88.9 Å². The summed E-state index contributed by atoms with van der Waals surface area (Å²) in [6, 6.07) is 22.3. The molecule has 1 amide bonds. The zero-order valence-electron chi connectivity index (χ0n) is 18.1. The van der Waals surface area contributed by atoms with Gasteiger partial charge in [0.1, 0.15) is 12.3 Å². The third-order valence-corrected chi connectivity index (χ3v) is 6.58. The molecule has 0 saturated heterocycles. The molecule has 0 saturated carbocycles. The summed E-state index contributed by atoms with van der Waals surface area (Å²) in [6.45, 7) is 3.20. The van der Waals surface area contributed by atoms with Crippen LogP contribution in [0.5, 0.6) is 5.75 Å². The maximum absolute atomic E-state index is 13.4. The lowest BCUT2D eigenvalue weighted by Gasteiger charge is -2.24. The van der Waals surface area contributed by atoms with Gasteiger partial charge in [0, 0.05) is 0 Å². The van der Waals surface area contributed by atoms with Crippen LogP contribution in [-0.2, 0) is 14.8 Å². The van der Waals surface area contributed by atoms with Crippen molar-refractivity contribution >= 4 is 27.3 Å². The van der Waals surface area contributed by atoms with Gasteiger partial charge in [0.25, 0.3) is 15.9 Å². The SMILES string of the molecule is COc1ccc(N(CC(=O)N/N=C(/C)c2ccccc2)S(=O)(=O)c2ccc(C)cc2)cc1. The number of methoxy groups -OCH3 is 1. The molecule has 0 fully saturated rings. The average molecular weight is 452 g/mol. The quantitative estimate of drug-likeness (QED) is 0.417. The molecule has 7 nitrogen and oxygen atoms in total. The zero-order chi connectivity index (χ0) is 23.1. The molecule has 0 bridgehead atoms. The number of aryl methyl sites for hydroxylation is 1. The average Bonchev–Trinajstić information content (AvgIpc) is 2.82. The summed E-state index contributed by atoms with van der Waals surface area (Å²) in [4.78, 5) is 12.8. The Kier molecular flexibility index (Phi) is 7.27. The molecule has 1 N–H and O–H groups in total. The lowest BCUT2D eigenvalue weighted by atomic mass is 10.1. The Balaban J connectivity index is 1.88. The van der Waals surface area contributed by atoms with Crippen LogP contribution in [0.4, 0.5) is 5.69 Å². The van der Waals surface area contributed by atoms with Crippen molar-refractivity contribution in [3.8, 4) is 5.75 Å². The molecular formula is C24H25N3O4S. The van der Waals surface area contributed by atoms with Crippen molar-refractivity contribution in [1.29, 1.82) is 0 Å². The van der Waals surface area contributed by atoms with Crippen LogP contribution in [0.1, 0.15) is 18.1 Å². The number of carbonyl (C=O) groups is 1. The number of carbonyl (C=O) groups excluding carboxylic acids is 1. The molecule has 0 aromatic heterocycles. The zero-order valence-corrected chi connectivity index (χ0v) is 19.0. The fourth-order valence-corrected chi connectivity index (χ4v) is 4.38. The van der Waals surface area contributed by atoms with Crippen molar-refractivity contribution in [1.82, 2.24) is 5.43 Å². The molecule has 0 radical (unpaired) electrons. The number of hydrazone groups is 1. The van der Waals surface area contributed by atoms with E-state index in [-0.39, 0.29) is 4.90 Å². The van der Waals surface area contributed by atoms with Gasteiger partial charge in [0.05, 0.1) is 23.4 Å². The number of hydrogen-bond acceptors (Lipinski definition) is 5. The summed E-state index contributed by atoms with van der Waals surface area (Å²) in [6.07, 6.45) is 0. The topological polar surface area (TPSA) is 88.1 Å². The lowest BCUT2D eigenvalue weighted by molar-refractivity contribution is -0.119. The Hall–Kier alpha value is -3.65. The van der Waals surface area contributed by atoms with Crippen LogP contribution in [0, 0.1) is 6.92 Å². The van der Waals surface area contributed by atoms with Crippen LogP contribution >= 0.6 is 0 Å². The highest BCUT2D eigenvalue weighted by molar-refractivity contribution is 7.92. The second-order valence-corrected chi connectivity index (χ2v) is 8.98. The number of nitrogens with zero attached hydrogens (tertiary/aromatic N) is 2. The third-order valence-electron chi connectivity index (χ3n) is 4.80. The summed E-state index contributed by atoms with van der Waals surface area (Å²) in [5.74, 6) is 0.0146. The van der Waals surface area contributed by atoms with Crippen molar-refractivity contribution in [2.75, 3.05) is 18.0 Å². The van der Waals surface area contributed by atoms with Gasteiger partial charge in [0.2, 0.25) is 0 Å². The van der Waals surface area contributed by atoms with Crippen molar-refractivity contribution in [2.24, 2.45) is 5.10 Å². The summed E-state index contributed by atoms with van der Waals surface area (Å²) in [7, 11) is -2.47. The first-order chi connectivity index (χ1) is 15.3. The largest absolute Gasteiger partial charge is 0.497 e. The summed E-state index contributed by atoms with van der Waals surface area (Å²) in [5.41, 5.74) is 5.19. The van der Waals surface area contributed by atoms with Crippen molar-refractivity contribution in [3.63, 3.8) is 0 Å². The molecule has 166 valence electrons. The van der Waals surface area contributed by atoms with Crippen LogP contribution in [0.3, 0.4) is 0 Å². The normalized spacial score (nSPS) is 11.7. The summed E-state index contributed by atoms with van der Waals surface area (Å²) < 4.78 is 33.0.